The van der Waals surface area contributed by atoms with E-state index >= 15 is 0 Å². The highest BCUT2D eigenvalue weighted by atomic mass is 32.2. The highest BCUT2D eigenvalue weighted by molar-refractivity contribution is 7.92. The van der Waals surface area contributed by atoms with E-state index in [0.29, 0.717) is 6.54 Å². The second-order valence-corrected chi connectivity index (χ2v) is 5.93. The molecule has 1 aromatic carbocycles. The topological polar surface area (TPSA) is 90.0 Å². The van der Waals surface area contributed by atoms with E-state index < -0.39 is 26.6 Å². The van der Waals surface area contributed by atoms with E-state index in [2.05, 4.69) is 9.82 Å². The van der Waals surface area contributed by atoms with Crippen LogP contribution in [0.3, 0.4) is 0 Å². The maximum atomic E-state index is 13.7. The first-order valence-corrected chi connectivity index (χ1v) is 7.59. The Hall–Kier alpha value is -2.00. The maximum Gasteiger partial charge on any atom is 0.265 e. The number of anilines is 1. The smallest absolute Gasteiger partial charge is 0.265 e. The minimum atomic E-state index is -4.27. The summed E-state index contributed by atoms with van der Waals surface area (Å²) in [7, 11) is -4.27. The number of nitrogens with zero attached hydrogens (tertiary/aromatic N) is 2. The van der Waals surface area contributed by atoms with Crippen molar-refractivity contribution in [2.75, 3.05) is 4.72 Å². The Morgan fingerprint density at radius 3 is 2.67 bits per heavy atom. The highest BCUT2D eigenvalue weighted by Gasteiger charge is 2.23. The zero-order chi connectivity index (χ0) is 15.6. The number of nitrogens with two attached hydrogens (primary N) is 1. The Bertz CT molecular complexity index is 759. The van der Waals surface area contributed by atoms with Crippen LogP contribution in [-0.4, -0.2) is 18.2 Å². The summed E-state index contributed by atoms with van der Waals surface area (Å²) < 4.78 is 55.1. The van der Waals surface area contributed by atoms with Gasteiger partial charge in [-0.1, -0.05) is 0 Å². The number of sulfonamides is 1. The molecule has 0 spiro atoms. The molecule has 0 bridgehead atoms. The number of benzene rings is 1. The average molecular weight is 316 g/mol. The molecule has 0 unspecified atom stereocenters. The van der Waals surface area contributed by atoms with Crippen molar-refractivity contribution in [1.29, 1.82) is 0 Å². The van der Waals surface area contributed by atoms with E-state index in [1.165, 1.54) is 17.1 Å². The molecule has 0 radical (unpaired) electrons. The molecule has 1 heterocycles. The van der Waals surface area contributed by atoms with Gasteiger partial charge in [-0.15, -0.1) is 0 Å². The zero-order valence-corrected chi connectivity index (χ0v) is 12.0. The van der Waals surface area contributed by atoms with Gasteiger partial charge in [-0.2, -0.15) is 5.10 Å². The third kappa shape index (κ3) is 3.19. The van der Waals surface area contributed by atoms with Gasteiger partial charge in [0.1, 0.15) is 4.90 Å². The fourth-order valence-corrected chi connectivity index (χ4v) is 2.90. The summed E-state index contributed by atoms with van der Waals surface area (Å²) in [6.07, 6.45) is 2.72. The van der Waals surface area contributed by atoms with Crippen LogP contribution < -0.4 is 10.5 Å². The normalized spacial score (nSPS) is 11.6. The number of aryl methyl sites for hydroxylation is 1. The Morgan fingerprint density at radius 2 is 2.10 bits per heavy atom. The van der Waals surface area contributed by atoms with Gasteiger partial charge < -0.3 is 5.73 Å². The van der Waals surface area contributed by atoms with Crippen molar-refractivity contribution < 1.29 is 17.2 Å². The summed E-state index contributed by atoms with van der Waals surface area (Å²) in [5, 5.41) is 3.89. The maximum absolute atomic E-state index is 13.7. The largest absolute Gasteiger partial charge is 0.326 e. The van der Waals surface area contributed by atoms with Crippen molar-refractivity contribution >= 4 is 15.7 Å². The number of rotatable bonds is 5. The average Bonchev–Trinajstić information content (AvgIpc) is 2.88. The van der Waals surface area contributed by atoms with Crippen molar-refractivity contribution in [3.63, 3.8) is 0 Å². The van der Waals surface area contributed by atoms with E-state index in [1.807, 2.05) is 6.92 Å². The quantitative estimate of drug-likeness (QED) is 0.873. The molecular formula is C12H14F2N4O2S. The van der Waals surface area contributed by atoms with Crippen molar-refractivity contribution in [2.45, 2.75) is 24.9 Å². The van der Waals surface area contributed by atoms with Gasteiger partial charge in [0, 0.05) is 19.3 Å². The van der Waals surface area contributed by atoms with Crippen LogP contribution >= 0.6 is 0 Å². The first-order valence-electron chi connectivity index (χ1n) is 6.10. The SMILES string of the molecule is CCn1cc(NS(=O)(=O)c2cc(CN)cc(F)c2F)cn1. The van der Waals surface area contributed by atoms with Crippen molar-refractivity contribution in [2.24, 2.45) is 5.73 Å². The number of hydrogen-bond acceptors (Lipinski definition) is 4. The Kier molecular flexibility index (Phi) is 4.24. The van der Waals surface area contributed by atoms with Gasteiger partial charge in [0.05, 0.1) is 11.9 Å². The lowest BCUT2D eigenvalue weighted by atomic mass is 10.2. The van der Waals surface area contributed by atoms with Crippen LogP contribution in [-0.2, 0) is 23.1 Å². The van der Waals surface area contributed by atoms with Crippen LogP contribution in [0.2, 0.25) is 0 Å². The Balaban J connectivity index is 2.41. The molecule has 2 aromatic rings. The van der Waals surface area contributed by atoms with E-state index in [1.54, 1.807) is 0 Å². The van der Waals surface area contributed by atoms with Crippen LogP contribution in [0.4, 0.5) is 14.5 Å². The molecule has 0 aliphatic carbocycles. The Labute approximate surface area is 120 Å². The zero-order valence-electron chi connectivity index (χ0n) is 11.2. The molecule has 2 rings (SSSR count). The second kappa shape index (κ2) is 5.78. The number of halogens is 2. The minimum Gasteiger partial charge on any atom is -0.326 e. The third-order valence-corrected chi connectivity index (χ3v) is 4.17. The predicted octanol–water partition coefficient (Wildman–Crippen LogP) is 1.44. The first kappa shape index (κ1) is 15.4. The van der Waals surface area contributed by atoms with Gasteiger partial charge in [0.25, 0.3) is 10.0 Å². The van der Waals surface area contributed by atoms with E-state index in [9.17, 15) is 17.2 Å². The molecule has 0 atom stereocenters. The van der Waals surface area contributed by atoms with Gasteiger partial charge >= 0.3 is 0 Å². The molecule has 0 amide bonds. The van der Waals surface area contributed by atoms with Crippen molar-refractivity contribution in [3.8, 4) is 0 Å². The predicted molar refractivity (Wildman–Crippen MR) is 73.0 cm³/mol. The molecule has 0 aliphatic heterocycles. The summed E-state index contributed by atoms with van der Waals surface area (Å²) in [6.45, 7) is 2.27. The molecule has 0 fully saturated rings. The molecule has 1 aromatic heterocycles. The summed E-state index contributed by atoms with van der Waals surface area (Å²) in [5.41, 5.74) is 5.68. The standard InChI is InChI=1S/C12H14F2N4O2S/c1-2-18-7-9(6-16-18)17-21(19,20)11-4-8(5-15)3-10(13)12(11)14/h3-4,6-7,17H,2,5,15H2,1H3. The van der Waals surface area contributed by atoms with Crippen LogP contribution in [0, 0.1) is 11.6 Å². The summed E-state index contributed by atoms with van der Waals surface area (Å²) >= 11 is 0. The van der Waals surface area contributed by atoms with Gasteiger partial charge in [-0.3, -0.25) is 9.40 Å². The van der Waals surface area contributed by atoms with Gasteiger partial charge in [-0.25, -0.2) is 17.2 Å². The number of nitrogens with one attached hydrogen (secondary N) is 1. The Morgan fingerprint density at radius 1 is 1.38 bits per heavy atom. The van der Waals surface area contributed by atoms with Crippen LogP contribution in [0.15, 0.2) is 29.4 Å². The molecule has 6 nitrogen and oxygen atoms in total. The van der Waals surface area contributed by atoms with Crippen LogP contribution in [0.5, 0.6) is 0 Å². The third-order valence-electron chi connectivity index (χ3n) is 2.79. The lowest BCUT2D eigenvalue weighted by Crippen LogP contribution is -2.16. The van der Waals surface area contributed by atoms with Gasteiger partial charge in [0.2, 0.25) is 0 Å². The van der Waals surface area contributed by atoms with Gasteiger partial charge in [0.15, 0.2) is 11.6 Å². The van der Waals surface area contributed by atoms with E-state index in [4.69, 9.17) is 5.73 Å². The first-order chi connectivity index (χ1) is 9.87. The van der Waals surface area contributed by atoms with E-state index in [-0.39, 0.29) is 17.8 Å². The molecule has 3 N–H and O–H groups in total. The van der Waals surface area contributed by atoms with Crippen LogP contribution in [0.25, 0.3) is 0 Å². The summed E-state index contributed by atoms with van der Waals surface area (Å²) in [4.78, 5) is -0.785. The lowest BCUT2D eigenvalue weighted by molar-refractivity contribution is 0.483. The summed E-state index contributed by atoms with van der Waals surface area (Å²) in [6, 6.07) is 1.87. The molecule has 0 saturated carbocycles. The van der Waals surface area contributed by atoms with E-state index in [0.717, 1.165) is 12.1 Å². The minimum absolute atomic E-state index is 0.104. The van der Waals surface area contributed by atoms with Crippen molar-refractivity contribution in [1.82, 2.24) is 9.78 Å². The molecule has 0 saturated heterocycles. The van der Waals surface area contributed by atoms with Crippen molar-refractivity contribution in [3.05, 3.63) is 41.7 Å². The lowest BCUT2D eigenvalue weighted by Gasteiger charge is -2.09. The van der Waals surface area contributed by atoms with Crippen LogP contribution in [0.1, 0.15) is 12.5 Å². The molecule has 9 heteroatoms. The number of hydrogen-bond donors (Lipinski definition) is 2. The monoisotopic (exact) mass is 316 g/mol. The molecule has 114 valence electrons. The second-order valence-electron chi connectivity index (χ2n) is 4.28. The summed E-state index contributed by atoms with van der Waals surface area (Å²) in [5.74, 6) is -2.70. The molecule has 0 aliphatic rings. The number of aromatic nitrogens is 2. The van der Waals surface area contributed by atoms with Gasteiger partial charge in [-0.05, 0) is 24.6 Å². The molecule has 21 heavy (non-hydrogen) atoms. The fraction of sp³-hybridized carbons (Fsp3) is 0.250. The molecular weight excluding hydrogens is 302 g/mol. The fourth-order valence-electron chi connectivity index (χ4n) is 1.73. The highest BCUT2D eigenvalue weighted by Crippen LogP contribution is 2.22.